The fraction of sp³-hybridized carbons (Fsp3) is 0.643. The number of furan rings is 1. The number of nitrogens with one attached hydrogen (secondary N) is 1. The van der Waals surface area contributed by atoms with Gasteiger partial charge < -0.3 is 14.5 Å². The Morgan fingerprint density at radius 2 is 2.06 bits per heavy atom. The summed E-state index contributed by atoms with van der Waals surface area (Å²) in [5.74, 6) is 0.557. The molecule has 0 aliphatic carbocycles. The number of methoxy groups -OCH3 is 1. The molecular formula is C14H23NO3. The summed E-state index contributed by atoms with van der Waals surface area (Å²) in [5, 5.41) is 3.53. The summed E-state index contributed by atoms with van der Waals surface area (Å²) in [6.07, 6.45) is 2.08. The molecule has 1 aromatic rings. The van der Waals surface area contributed by atoms with E-state index in [9.17, 15) is 4.79 Å². The number of esters is 1. The number of carbonyl (C=O) groups is 1. The zero-order chi connectivity index (χ0) is 13.8. The van der Waals surface area contributed by atoms with E-state index in [0.717, 1.165) is 18.6 Å². The molecule has 4 nitrogen and oxygen atoms in total. The number of hydrogen-bond donors (Lipinski definition) is 1. The first-order chi connectivity index (χ1) is 8.45. The van der Waals surface area contributed by atoms with Crippen LogP contribution in [-0.4, -0.2) is 18.6 Å². The minimum atomic E-state index is -0.442. The fourth-order valence-electron chi connectivity index (χ4n) is 1.84. The summed E-state index contributed by atoms with van der Waals surface area (Å²) in [4.78, 5) is 11.3. The molecule has 0 spiro atoms. The maximum atomic E-state index is 11.3. The molecule has 1 N–H and O–H groups in total. The Hall–Kier alpha value is -1.29. The second-order valence-electron chi connectivity index (χ2n) is 4.83. The second kappa shape index (κ2) is 6.05. The van der Waals surface area contributed by atoms with Gasteiger partial charge in [0.15, 0.2) is 0 Å². The lowest BCUT2D eigenvalue weighted by molar-refractivity contribution is 0.0561. The summed E-state index contributed by atoms with van der Waals surface area (Å²) in [5.41, 5.74) is 0.0810. The van der Waals surface area contributed by atoms with Gasteiger partial charge in [-0.25, -0.2) is 4.79 Å². The molecule has 1 unspecified atom stereocenters. The van der Waals surface area contributed by atoms with E-state index in [2.05, 4.69) is 30.8 Å². The number of hydrogen-bond acceptors (Lipinski definition) is 4. The standard InChI is InChI=1S/C14H23NO3/c1-6-14(4,7-2)15-10(3)11-8-9-12(18-11)13(16)17-5/h8-10,15H,6-7H2,1-5H3. The average molecular weight is 253 g/mol. The molecular weight excluding hydrogens is 230 g/mol. The van der Waals surface area contributed by atoms with Gasteiger partial charge in [0.2, 0.25) is 5.76 Å². The quantitative estimate of drug-likeness (QED) is 0.790. The lowest BCUT2D eigenvalue weighted by atomic mass is 9.94. The Morgan fingerprint density at radius 1 is 1.44 bits per heavy atom. The molecule has 18 heavy (non-hydrogen) atoms. The van der Waals surface area contributed by atoms with E-state index in [-0.39, 0.29) is 17.3 Å². The third-order valence-corrected chi connectivity index (χ3v) is 3.57. The van der Waals surface area contributed by atoms with E-state index >= 15 is 0 Å². The van der Waals surface area contributed by atoms with Crippen molar-refractivity contribution < 1.29 is 13.9 Å². The molecule has 1 rings (SSSR count). The molecule has 0 aliphatic heterocycles. The van der Waals surface area contributed by atoms with Crippen LogP contribution in [0.5, 0.6) is 0 Å². The number of carbonyl (C=O) groups excluding carboxylic acids is 1. The van der Waals surface area contributed by atoms with Crippen LogP contribution in [-0.2, 0) is 4.74 Å². The minimum absolute atomic E-state index is 0.0632. The highest BCUT2D eigenvalue weighted by molar-refractivity contribution is 5.86. The van der Waals surface area contributed by atoms with Crippen LogP contribution in [0.3, 0.4) is 0 Å². The summed E-state index contributed by atoms with van der Waals surface area (Å²) in [6.45, 7) is 8.54. The van der Waals surface area contributed by atoms with Crippen molar-refractivity contribution in [3.05, 3.63) is 23.7 Å². The third kappa shape index (κ3) is 3.35. The lowest BCUT2D eigenvalue weighted by Gasteiger charge is -2.31. The maximum Gasteiger partial charge on any atom is 0.373 e. The van der Waals surface area contributed by atoms with Gasteiger partial charge in [-0.1, -0.05) is 13.8 Å². The van der Waals surface area contributed by atoms with Crippen molar-refractivity contribution in [3.8, 4) is 0 Å². The SMILES string of the molecule is CCC(C)(CC)NC(C)c1ccc(C(=O)OC)o1. The van der Waals surface area contributed by atoms with E-state index in [1.165, 1.54) is 7.11 Å². The van der Waals surface area contributed by atoms with Crippen LogP contribution < -0.4 is 5.32 Å². The molecule has 102 valence electrons. The van der Waals surface area contributed by atoms with Gasteiger partial charge >= 0.3 is 5.97 Å². The van der Waals surface area contributed by atoms with Crippen molar-refractivity contribution in [1.82, 2.24) is 5.32 Å². The van der Waals surface area contributed by atoms with Crippen LogP contribution in [0.2, 0.25) is 0 Å². The Labute approximate surface area is 109 Å². The van der Waals surface area contributed by atoms with Crippen molar-refractivity contribution in [2.75, 3.05) is 7.11 Å². The lowest BCUT2D eigenvalue weighted by Crippen LogP contribution is -2.42. The molecule has 0 bridgehead atoms. The molecule has 0 saturated carbocycles. The van der Waals surface area contributed by atoms with Crippen molar-refractivity contribution >= 4 is 5.97 Å². The summed E-state index contributed by atoms with van der Waals surface area (Å²) < 4.78 is 10.1. The highest BCUT2D eigenvalue weighted by atomic mass is 16.5. The van der Waals surface area contributed by atoms with Gasteiger partial charge in [-0.3, -0.25) is 0 Å². The zero-order valence-electron chi connectivity index (χ0n) is 11.9. The summed E-state index contributed by atoms with van der Waals surface area (Å²) in [6, 6.07) is 3.53. The molecule has 0 aliphatic rings. The molecule has 1 atom stereocenters. The van der Waals surface area contributed by atoms with Crippen molar-refractivity contribution in [2.45, 2.75) is 52.1 Å². The molecule has 0 fully saturated rings. The van der Waals surface area contributed by atoms with Crippen molar-refractivity contribution in [3.63, 3.8) is 0 Å². The smallest absolute Gasteiger partial charge is 0.373 e. The first kappa shape index (κ1) is 14.8. The Morgan fingerprint density at radius 3 is 2.56 bits per heavy atom. The monoisotopic (exact) mass is 253 g/mol. The van der Waals surface area contributed by atoms with Gasteiger partial charge in [0.1, 0.15) is 5.76 Å². The van der Waals surface area contributed by atoms with Crippen molar-refractivity contribution in [1.29, 1.82) is 0 Å². The van der Waals surface area contributed by atoms with E-state index in [1.54, 1.807) is 6.07 Å². The van der Waals surface area contributed by atoms with Gasteiger partial charge in [0.05, 0.1) is 13.2 Å². The predicted molar refractivity (Wildman–Crippen MR) is 70.6 cm³/mol. The van der Waals surface area contributed by atoms with Gasteiger partial charge in [-0.15, -0.1) is 0 Å². The second-order valence-corrected chi connectivity index (χ2v) is 4.83. The van der Waals surface area contributed by atoms with E-state index in [4.69, 9.17) is 4.42 Å². The molecule has 4 heteroatoms. The zero-order valence-corrected chi connectivity index (χ0v) is 11.9. The number of ether oxygens (including phenoxy) is 1. The van der Waals surface area contributed by atoms with E-state index in [1.807, 2.05) is 13.0 Å². The highest BCUT2D eigenvalue weighted by Crippen LogP contribution is 2.23. The average Bonchev–Trinajstić information content (AvgIpc) is 2.87. The van der Waals surface area contributed by atoms with Gasteiger partial charge in [-0.2, -0.15) is 0 Å². The summed E-state index contributed by atoms with van der Waals surface area (Å²) >= 11 is 0. The topological polar surface area (TPSA) is 51.5 Å². The van der Waals surface area contributed by atoms with Crippen molar-refractivity contribution in [2.24, 2.45) is 0 Å². The van der Waals surface area contributed by atoms with Crippen LogP contribution in [0.1, 0.15) is 62.9 Å². The first-order valence-corrected chi connectivity index (χ1v) is 6.41. The normalized spacial score (nSPS) is 13.4. The molecule has 0 amide bonds. The van der Waals surface area contributed by atoms with Crippen LogP contribution in [0.15, 0.2) is 16.5 Å². The van der Waals surface area contributed by atoms with Crippen LogP contribution in [0, 0.1) is 0 Å². The highest BCUT2D eigenvalue weighted by Gasteiger charge is 2.24. The van der Waals surface area contributed by atoms with Crippen LogP contribution >= 0.6 is 0 Å². The van der Waals surface area contributed by atoms with E-state index in [0.29, 0.717) is 0 Å². The first-order valence-electron chi connectivity index (χ1n) is 6.41. The maximum absolute atomic E-state index is 11.3. The fourth-order valence-corrected chi connectivity index (χ4v) is 1.84. The van der Waals surface area contributed by atoms with E-state index < -0.39 is 5.97 Å². The number of rotatable bonds is 6. The Kier molecular flexibility index (Phi) is 4.96. The largest absolute Gasteiger partial charge is 0.463 e. The Bertz CT molecular complexity index is 393. The van der Waals surface area contributed by atoms with Crippen LogP contribution in [0.25, 0.3) is 0 Å². The third-order valence-electron chi connectivity index (χ3n) is 3.57. The van der Waals surface area contributed by atoms with Crippen LogP contribution in [0.4, 0.5) is 0 Å². The predicted octanol–water partition coefficient (Wildman–Crippen LogP) is 3.30. The Balaban J connectivity index is 2.75. The molecule has 1 aromatic heterocycles. The minimum Gasteiger partial charge on any atom is -0.463 e. The molecule has 0 aromatic carbocycles. The molecule has 0 radical (unpaired) electrons. The van der Waals surface area contributed by atoms with Gasteiger partial charge in [-0.05, 0) is 38.8 Å². The molecule has 0 saturated heterocycles. The van der Waals surface area contributed by atoms with Gasteiger partial charge in [0.25, 0.3) is 0 Å². The summed E-state index contributed by atoms with van der Waals surface area (Å²) in [7, 11) is 1.34. The molecule has 1 heterocycles. The van der Waals surface area contributed by atoms with Gasteiger partial charge in [0, 0.05) is 5.54 Å².